The zero-order chi connectivity index (χ0) is 29.5. The fourth-order valence-electron chi connectivity index (χ4n) is 4.64. The van der Waals surface area contributed by atoms with E-state index in [-0.39, 0.29) is 17.4 Å². The summed E-state index contributed by atoms with van der Waals surface area (Å²) in [6.07, 6.45) is 1.48. The summed E-state index contributed by atoms with van der Waals surface area (Å²) in [7, 11) is 0. The maximum Gasteiger partial charge on any atom is 0.271 e. The van der Waals surface area contributed by atoms with E-state index in [1.165, 1.54) is 0 Å². The number of benzene rings is 3. The van der Waals surface area contributed by atoms with Crippen molar-refractivity contribution < 1.29 is 23.3 Å². The summed E-state index contributed by atoms with van der Waals surface area (Å²) >= 11 is 0. The molecule has 9 nitrogen and oxygen atoms in total. The highest BCUT2D eigenvalue weighted by Crippen LogP contribution is 2.36. The van der Waals surface area contributed by atoms with E-state index < -0.39 is 5.91 Å². The van der Waals surface area contributed by atoms with Crippen LogP contribution in [-0.4, -0.2) is 21.2 Å². The van der Waals surface area contributed by atoms with E-state index in [0.29, 0.717) is 55.4 Å². The Morgan fingerprint density at radius 2 is 1.50 bits per heavy atom. The van der Waals surface area contributed by atoms with Gasteiger partial charge in [-0.05, 0) is 40.7 Å². The van der Waals surface area contributed by atoms with E-state index in [1.54, 1.807) is 0 Å². The molecule has 1 amide bonds. The van der Waals surface area contributed by atoms with Crippen molar-refractivity contribution in [3.63, 3.8) is 0 Å². The molecular weight excluding hydrogens is 532 g/mol. The standard InChI is InChI=1S/C33H34N4O5/c1-4-29-35-33(37-42-29)30-26(41-36-31(30)32(34)38)16-15-24-17-25(21(2)3)28(40-20-23-13-9-6-10-14-23)18-27(24)39-19-22-11-7-5-8-12-22/h5-14,17-18,21H,4,15-16,19-20H2,1-3H3,(H2,34,38). The quantitative estimate of drug-likeness (QED) is 0.172. The Labute approximate surface area is 244 Å². The predicted molar refractivity (Wildman–Crippen MR) is 157 cm³/mol. The maximum absolute atomic E-state index is 12.1. The van der Waals surface area contributed by atoms with E-state index in [9.17, 15) is 4.79 Å². The molecule has 0 aliphatic heterocycles. The molecule has 0 spiro atoms. The van der Waals surface area contributed by atoms with Crippen LogP contribution >= 0.6 is 0 Å². The van der Waals surface area contributed by atoms with Gasteiger partial charge < -0.3 is 24.3 Å². The second-order valence-corrected chi connectivity index (χ2v) is 10.3. The van der Waals surface area contributed by atoms with E-state index >= 15 is 0 Å². The van der Waals surface area contributed by atoms with Crippen molar-refractivity contribution in [2.24, 2.45) is 5.73 Å². The van der Waals surface area contributed by atoms with Crippen LogP contribution in [0.2, 0.25) is 0 Å². The van der Waals surface area contributed by atoms with Gasteiger partial charge in [-0.1, -0.05) is 91.7 Å². The number of hydrogen-bond acceptors (Lipinski definition) is 8. The summed E-state index contributed by atoms with van der Waals surface area (Å²) in [4.78, 5) is 16.5. The van der Waals surface area contributed by atoms with Crippen LogP contribution in [0.25, 0.3) is 11.4 Å². The highest BCUT2D eigenvalue weighted by molar-refractivity contribution is 5.97. The molecule has 5 rings (SSSR count). The van der Waals surface area contributed by atoms with Gasteiger partial charge >= 0.3 is 0 Å². The average Bonchev–Trinajstić information content (AvgIpc) is 3.66. The number of carbonyl (C=O) groups is 1. The van der Waals surface area contributed by atoms with Crippen LogP contribution in [0.4, 0.5) is 0 Å². The molecule has 2 heterocycles. The molecule has 0 unspecified atom stereocenters. The summed E-state index contributed by atoms with van der Waals surface area (Å²) in [6, 6.07) is 24.2. The van der Waals surface area contributed by atoms with Gasteiger partial charge in [-0.2, -0.15) is 4.98 Å². The molecule has 3 aromatic carbocycles. The van der Waals surface area contributed by atoms with Crippen LogP contribution in [0.1, 0.15) is 71.1 Å². The minimum atomic E-state index is -0.725. The van der Waals surface area contributed by atoms with Crippen LogP contribution in [-0.2, 0) is 32.5 Å². The molecule has 0 aliphatic carbocycles. The number of aryl methyl sites for hydroxylation is 3. The Kier molecular flexibility index (Phi) is 8.96. The Hall–Kier alpha value is -4.92. The van der Waals surface area contributed by atoms with Gasteiger partial charge in [0.05, 0.1) is 5.56 Å². The summed E-state index contributed by atoms with van der Waals surface area (Å²) < 4.78 is 23.6. The number of amides is 1. The molecule has 0 radical (unpaired) electrons. The molecule has 9 heteroatoms. The van der Waals surface area contributed by atoms with Crippen molar-refractivity contribution in [3.8, 4) is 22.9 Å². The lowest BCUT2D eigenvalue weighted by molar-refractivity contribution is 0.0992. The predicted octanol–water partition coefficient (Wildman–Crippen LogP) is 6.45. The van der Waals surface area contributed by atoms with Gasteiger partial charge in [-0.15, -0.1) is 0 Å². The monoisotopic (exact) mass is 566 g/mol. The fraction of sp³-hybridized carbons (Fsp3) is 0.273. The number of carbonyl (C=O) groups excluding carboxylic acids is 1. The van der Waals surface area contributed by atoms with Crippen LogP contribution < -0.4 is 15.2 Å². The minimum absolute atomic E-state index is 0.0264. The van der Waals surface area contributed by atoms with Crippen LogP contribution in [0.5, 0.6) is 11.5 Å². The molecule has 0 aliphatic rings. The molecule has 2 aromatic heterocycles. The Balaban J connectivity index is 1.47. The van der Waals surface area contributed by atoms with Crippen LogP contribution in [0.15, 0.2) is 81.8 Å². The van der Waals surface area contributed by atoms with Crippen molar-refractivity contribution in [3.05, 3.63) is 112 Å². The first kappa shape index (κ1) is 28.6. The molecule has 216 valence electrons. The topological polar surface area (TPSA) is 127 Å². The second kappa shape index (κ2) is 13.2. The van der Waals surface area contributed by atoms with Gasteiger partial charge in [0, 0.05) is 18.9 Å². The van der Waals surface area contributed by atoms with Crippen molar-refractivity contribution in [2.45, 2.75) is 59.2 Å². The third kappa shape index (κ3) is 6.68. The van der Waals surface area contributed by atoms with Gasteiger partial charge in [0.25, 0.3) is 5.91 Å². The van der Waals surface area contributed by atoms with Crippen LogP contribution in [0, 0.1) is 0 Å². The first-order chi connectivity index (χ1) is 20.4. The molecule has 0 saturated carbocycles. The number of ether oxygens (including phenoxy) is 2. The smallest absolute Gasteiger partial charge is 0.271 e. The van der Waals surface area contributed by atoms with Crippen molar-refractivity contribution >= 4 is 5.91 Å². The Morgan fingerprint density at radius 1 is 0.857 bits per heavy atom. The SMILES string of the molecule is CCc1nc(-c2c(C(N)=O)noc2CCc2cc(C(C)C)c(OCc3ccccc3)cc2OCc2ccccc2)no1. The lowest BCUT2D eigenvalue weighted by Crippen LogP contribution is -2.13. The number of nitrogens with two attached hydrogens (primary N) is 1. The molecule has 0 fully saturated rings. The van der Waals surface area contributed by atoms with E-state index in [2.05, 4.69) is 35.2 Å². The number of nitrogens with zero attached hydrogens (tertiary/aromatic N) is 3. The Morgan fingerprint density at radius 3 is 2.07 bits per heavy atom. The maximum atomic E-state index is 12.1. The minimum Gasteiger partial charge on any atom is -0.488 e. The third-order valence-corrected chi connectivity index (χ3v) is 6.90. The third-order valence-electron chi connectivity index (χ3n) is 6.90. The lowest BCUT2D eigenvalue weighted by Gasteiger charge is -2.20. The largest absolute Gasteiger partial charge is 0.488 e. The highest BCUT2D eigenvalue weighted by Gasteiger charge is 2.26. The summed E-state index contributed by atoms with van der Waals surface area (Å²) in [6.45, 7) is 7.01. The number of primary amides is 1. The summed E-state index contributed by atoms with van der Waals surface area (Å²) in [5.41, 5.74) is 10.1. The van der Waals surface area contributed by atoms with E-state index in [0.717, 1.165) is 28.0 Å². The normalized spacial score (nSPS) is 11.1. The van der Waals surface area contributed by atoms with Crippen molar-refractivity contribution in [1.82, 2.24) is 15.3 Å². The first-order valence-corrected chi connectivity index (χ1v) is 14.0. The first-order valence-electron chi connectivity index (χ1n) is 14.0. The van der Waals surface area contributed by atoms with Gasteiger partial charge in [0.2, 0.25) is 11.7 Å². The molecule has 0 bridgehead atoms. The number of hydrogen-bond donors (Lipinski definition) is 1. The Bertz CT molecular complexity index is 1630. The molecular formula is C33H34N4O5. The second-order valence-electron chi connectivity index (χ2n) is 10.3. The van der Waals surface area contributed by atoms with Crippen molar-refractivity contribution in [1.29, 1.82) is 0 Å². The van der Waals surface area contributed by atoms with E-state index in [1.807, 2.05) is 73.7 Å². The number of aromatic nitrogens is 3. The molecule has 0 saturated heterocycles. The van der Waals surface area contributed by atoms with Gasteiger partial charge in [0.1, 0.15) is 30.5 Å². The molecule has 5 aromatic rings. The van der Waals surface area contributed by atoms with Gasteiger partial charge in [-0.25, -0.2) is 0 Å². The van der Waals surface area contributed by atoms with Crippen LogP contribution in [0.3, 0.4) is 0 Å². The van der Waals surface area contributed by atoms with Gasteiger partial charge in [-0.3, -0.25) is 4.79 Å². The van der Waals surface area contributed by atoms with Crippen molar-refractivity contribution in [2.75, 3.05) is 0 Å². The molecule has 0 atom stereocenters. The molecule has 2 N–H and O–H groups in total. The zero-order valence-electron chi connectivity index (χ0n) is 24.0. The lowest BCUT2D eigenvalue weighted by atomic mass is 9.96. The average molecular weight is 567 g/mol. The number of rotatable bonds is 13. The zero-order valence-corrected chi connectivity index (χ0v) is 24.0. The van der Waals surface area contributed by atoms with Gasteiger partial charge in [0.15, 0.2) is 5.69 Å². The summed E-state index contributed by atoms with van der Waals surface area (Å²) in [5, 5.41) is 7.96. The molecule has 42 heavy (non-hydrogen) atoms. The summed E-state index contributed by atoms with van der Waals surface area (Å²) in [5.74, 6) is 2.06. The highest BCUT2D eigenvalue weighted by atomic mass is 16.5. The van der Waals surface area contributed by atoms with E-state index in [4.69, 9.17) is 24.3 Å². The fourth-order valence-corrected chi connectivity index (χ4v) is 4.64.